The second-order valence-electron chi connectivity index (χ2n) is 7.36. The Kier molecular flexibility index (Phi) is 9.87. The van der Waals surface area contributed by atoms with E-state index in [1.165, 1.54) is 11.1 Å². The zero-order valence-electron chi connectivity index (χ0n) is 17.1. The van der Waals surface area contributed by atoms with Crippen LogP contribution in [0.15, 0.2) is 48.5 Å². The van der Waals surface area contributed by atoms with Crippen LogP contribution in [-0.4, -0.2) is 37.6 Å². The van der Waals surface area contributed by atoms with Gasteiger partial charge in [-0.25, -0.2) is 0 Å². The first kappa shape index (κ1) is 22.3. The minimum Gasteiger partial charge on any atom is -0.497 e. The lowest BCUT2D eigenvalue weighted by Gasteiger charge is -2.27. The normalized spacial score (nSPS) is 13.1. The van der Waals surface area contributed by atoms with Gasteiger partial charge in [-0.3, -0.25) is 0 Å². The van der Waals surface area contributed by atoms with E-state index in [1.54, 1.807) is 14.2 Å². The Morgan fingerprint density at radius 3 is 1.50 bits per heavy atom. The van der Waals surface area contributed by atoms with Gasteiger partial charge in [-0.15, -0.1) is 0 Å². The number of aliphatic hydroxyl groups is 2. The van der Waals surface area contributed by atoms with Crippen LogP contribution >= 0.6 is 0 Å². The van der Waals surface area contributed by atoms with Crippen LogP contribution < -0.4 is 9.47 Å². The van der Waals surface area contributed by atoms with Gasteiger partial charge in [0.2, 0.25) is 0 Å². The lowest BCUT2D eigenvalue weighted by atomic mass is 9.78. The maximum absolute atomic E-state index is 9.68. The molecule has 154 valence electrons. The second-order valence-corrected chi connectivity index (χ2v) is 7.36. The molecule has 0 fully saturated rings. The number of methoxy groups -OCH3 is 2. The first-order valence-electron chi connectivity index (χ1n) is 10.2. The highest BCUT2D eigenvalue weighted by molar-refractivity contribution is 5.29. The van der Waals surface area contributed by atoms with Gasteiger partial charge in [-0.05, 0) is 79.3 Å². The van der Waals surface area contributed by atoms with Crippen molar-refractivity contribution >= 4 is 0 Å². The third-order valence-corrected chi connectivity index (χ3v) is 5.46. The number of hydrogen-bond acceptors (Lipinski definition) is 4. The summed E-state index contributed by atoms with van der Waals surface area (Å²) in [6, 6.07) is 16.5. The molecule has 0 aliphatic carbocycles. The smallest absolute Gasteiger partial charge is 0.118 e. The summed E-state index contributed by atoms with van der Waals surface area (Å²) in [5.41, 5.74) is 2.55. The first-order valence-corrected chi connectivity index (χ1v) is 10.2. The van der Waals surface area contributed by atoms with Crippen LogP contribution in [0.2, 0.25) is 0 Å². The summed E-state index contributed by atoms with van der Waals surface area (Å²) >= 11 is 0. The number of rotatable bonds is 13. The predicted molar refractivity (Wildman–Crippen MR) is 113 cm³/mol. The van der Waals surface area contributed by atoms with Gasteiger partial charge in [-0.1, -0.05) is 30.7 Å². The highest BCUT2D eigenvalue weighted by Gasteiger charge is 2.22. The highest BCUT2D eigenvalue weighted by Crippen LogP contribution is 2.30. The van der Waals surface area contributed by atoms with E-state index < -0.39 is 0 Å². The fourth-order valence-electron chi connectivity index (χ4n) is 3.82. The molecule has 2 aromatic rings. The molecule has 0 radical (unpaired) electrons. The largest absolute Gasteiger partial charge is 0.497 e. The van der Waals surface area contributed by atoms with Crippen molar-refractivity contribution in [3.8, 4) is 11.5 Å². The Hall–Kier alpha value is -2.04. The zero-order valence-corrected chi connectivity index (χ0v) is 17.1. The minimum absolute atomic E-state index is 0.194. The summed E-state index contributed by atoms with van der Waals surface area (Å²) in [6.07, 6.45) is 5.56. The monoisotopic (exact) mass is 386 g/mol. The number of benzene rings is 2. The average Bonchev–Trinajstić information content (AvgIpc) is 2.74. The van der Waals surface area contributed by atoms with Gasteiger partial charge in [0.25, 0.3) is 0 Å². The third-order valence-electron chi connectivity index (χ3n) is 5.46. The Morgan fingerprint density at radius 1 is 0.643 bits per heavy atom. The molecular weight excluding hydrogens is 352 g/mol. The molecule has 0 amide bonds. The number of hydrogen-bond donors (Lipinski definition) is 2. The Balaban J connectivity index is 2.13. The van der Waals surface area contributed by atoms with E-state index in [0.29, 0.717) is 11.8 Å². The minimum atomic E-state index is 0.194. The van der Waals surface area contributed by atoms with Gasteiger partial charge in [-0.2, -0.15) is 0 Å². The van der Waals surface area contributed by atoms with E-state index in [2.05, 4.69) is 24.3 Å². The quantitative estimate of drug-likeness (QED) is 0.505. The maximum atomic E-state index is 9.68. The molecule has 0 aliphatic rings. The van der Waals surface area contributed by atoms with Crippen LogP contribution in [0.25, 0.3) is 0 Å². The summed E-state index contributed by atoms with van der Waals surface area (Å²) in [4.78, 5) is 0. The van der Waals surface area contributed by atoms with Crippen molar-refractivity contribution in [1.29, 1.82) is 0 Å². The van der Waals surface area contributed by atoms with Crippen LogP contribution in [-0.2, 0) is 12.8 Å². The van der Waals surface area contributed by atoms with Crippen molar-refractivity contribution in [1.82, 2.24) is 0 Å². The van der Waals surface area contributed by atoms with Gasteiger partial charge in [0.1, 0.15) is 11.5 Å². The Labute approximate surface area is 169 Å². The molecule has 2 rings (SSSR count). The van der Waals surface area contributed by atoms with E-state index >= 15 is 0 Å². The molecule has 0 spiro atoms. The predicted octanol–water partition coefficient (Wildman–Crippen LogP) is 4.27. The lowest BCUT2D eigenvalue weighted by Crippen LogP contribution is -2.21. The Morgan fingerprint density at radius 2 is 1.11 bits per heavy atom. The molecule has 0 aliphatic heterocycles. The number of ether oxygens (including phenoxy) is 2. The second kappa shape index (κ2) is 12.4. The van der Waals surface area contributed by atoms with Gasteiger partial charge in [0, 0.05) is 13.2 Å². The molecule has 0 aromatic heterocycles. The van der Waals surface area contributed by atoms with E-state index in [4.69, 9.17) is 9.47 Å². The Bertz CT molecular complexity index is 651. The van der Waals surface area contributed by atoms with Crippen molar-refractivity contribution in [2.45, 2.75) is 38.5 Å². The van der Waals surface area contributed by atoms with E-state index in [0.717, 1.165) is 50.0 Å². The zero-order chi connectivity index (χ0) is 20.2. The fraction of sp³-hybridized carbons (Fsp3) is 0.500. The van der Waals surface area contributed by atoms with Crippen molar-refractivity contribution in [2.24, 2.45) is 11.8 Å². The molecule has 2 aromatic carbocycles. The van der Waals surface area contributed by atoms with E-state index in [-0.39, 0.29) is 13.2 Å². The highest BCUT2D eigenvalue weighted by atomic mass is 16.5. The van der Waals surface area contributed by atoms with Crippen molar-refractivity contribution in [2.75, 3.05) is 27.4 Å². The van der Waals surface area contributed by atoms with Crippen LogP contribution in [0.5, 0.6) is 11.5 Å². The van der Waals surface area contributed by atoms with Gasteiger partial charge < -0.3 is 19.7 Å². The SMILES string of the molecule is COc1ccc(C[C@H](CCO)[C@@H](CCCCO)Cc2ccc(OC)cc2)cc1. The summed E-state index contributed by atoms with van der Waals surface area (Å²) in [6.45, 7) is 0.429. The van der Waals surface area contributed by atoms with Gasteiger partial charge in [0.15, 0.2) is 0 Å². The van der Waals surface area contributed by atoms with E-state index in [1.807, 2.05) is 24.3 Å². The van der Waals surface area contributed by atoms with Gasteiger partial charge >= 0.3 is 0 Å². The average molecular weight is 387 g/mol. The third kappa shape index (κ3) is 7.17. The number of aliphatic hydroxyl groups excluding tert-OH is 2. The molecule has 0 saturated heterocycles. The fourth-order valence-corrected chi connectivity index (χ4v) is 3.82. The first-order chi connectivity index (χ1) is 13.7. The molecule has 2 atom stereocenters. The molecule has 0 bridgehead atoms. The van der Waals surface area contributed by atoms with Crippen molar-refractivity contribution < 1.29 is 19.7 Å². The molecule has 0 heterocycles. The van der Waals surface area contributed by atoms with Crippen LogP contribution in [0.3, 0.4) is 0 Å². The summed E-state index contributed by atoms with van der Waals surface area (Å²) in [5.74, 6) is 2.57. The summed E-state index contributed by atoms with van der Waals surface area (Å²) in [5, 5.41) is 18.9. The standard InChI is InChI=1S/C24H34O4/c1-27-23-10-6-19(7-11-23)17-21(5-3-4-15-25)22(14-16-26)18-20-8-12-24(28-2)13-9-20/h6-13,21-22,25-26H,3-5,14-18H2,1-2H3/t21-,22-/m0/s1. The van der Waals surface area contributed by atoms with Crippen molar-refractivity contribution in [3.05, 3.63) is 59.7 Å². The summed E-state index contributed by atoms with van der Waals surface area (Å²) < 4.78 is 10.5. The maximum Gasteiger partial charge on any atom is 0.118 e. The molecule has 4 heteroatoms. The van der Waals surface area contributed by atoms with E-state index in [9.17, 15) is 10.2 Å². The molecule has 4 nitrogen and oxygen atoms in total. The van der Waals surface area contributed by atoms with Crippen LogP contribution in [0.1, 0.15) is 36.8 Å². The molecule has 2 N–H and O–H groups in total. The summed E-state index contributed by atoms with van der Waals surface area (Å²) in [7, 11) is 3.36. The van der Waals surface area contributed by atoms with Crippen LogP contribution in [0, 0.1) is 11.8 Å². The van der Waals surface area contributed by atoms with Gasteiger partial charge in [0.05, 0.1) is 14.2 Å². The topological polar surface area (TPSA) is 58.9 Å². The molecule has 0 unspecified atom stereocenters. The molecule has 0 saturated carbocycles. The van der Waals surface area contributed by atoms with Crippen molar-refractivity contribution in [3.63, 3.8) is 0 Å². The molecule has 28 heavy (non-hydrogen) atoms. The molecular formula is C24H34O4. The van der Waals surface area contributed by atoms with Crippen LogP contribution in [0.4, 0.5) is 0 Å². The number of unbranched alkanes of at least 4 members (excludes halogenated alkanes) is 1. The lowest BCUT2D eigenvalue weighted by molar-refractivity contribution is 0.203.